The molecule has 1 aliphatic heterocycles. The minimum absolute atomic E-state index is 0.0662. The minimum Gasteiger partial charge on any atom is -0.448 e. The van der Waals surface area contributed by atoms with Crippen LogP contribution in [0.25, 0.3) is 11.1 Å². The second-order valence-corrected chi connectivity index (χ2v) is 8.35. The number of likely N-dealkylation sites (tertiary alicyclic amines) is 1. The van der Waals surface area contributed by atoms with E-state index < -0.39 is 30.4 Å². The summed E-state index contributed by atoms with van der Waals surface area (Å²) in [7, 11) is 1.48. The van der Waals surface area contributed by atoms with Gasteiger partial charge < -0.3 is 14.4 Å². The molecule has 0 bridgehead atoms. The lowest BCUT2D eigenvalue weighted by Gasteiger charge is -2.30. The number of esters is 1. The highest BCUT2D eigenvalue weighted by Crippen LogP contribution is 2.44. The number of fused-ring (bicyclic) bond motifs is 3. The van der Waals surface area contributed by atoms with Crippen molar-refractivity contribution < 1.29 is 25.2 Å². The number of nitrogens with zero attached hydrogens (tertiary/aromatic N) is 2. The summed E-state index contributed by atoms with van der Waals surface area (Å²) in [6, 6.07) is 14.6. The van der Waals surface area contributed by atoms with Crippen LogP contribution in [-0.2, 0) is 19.1 Å². The Kier molecular flexibility index (Phi) is 6.11. The van der Waals surface area contributed by atoms with Crippen LogP contribution in [0.2, 0.25) is 0 Å². The van der Waals surface area contributed by atoms with Crippen LogP contribution >= 0.6 is 0 Å². The quantitative estimate of drug-likeness (QED) is 0.492. The van der Waals surface area contributed by atoms with Gasteiger partial charge in [-0.15, -0.1) is 0 Å². The van der Waals surface area contributed by atoms with Crippen LogP contribution in [0.1, 0.15) is 38.2 Å². The lowest BCUT2D eigenvalue weighted by Crippen LogP contribution is -2.51. The van der Waals surface area contributed by atoms with Crippen LogP contribution in [0.4, 0.5) is 4.79 Å². The van der Waals surface area contributed by atoms with Gasteiger partial charge in [-0.1, -0.05) is 55.1 Å². The fourth-order valence-corrected chi connectivity index (χ4v) is 4.66. The molecule has 0 N–H and O–H groups in total. The smallest absolute Gasteiger partial charge is 0.410 e. The fourth-order valence-electron chi connectivity index (χ4n) is 4.66. The summed E-state index contributed by atoms with van der Waals surface area (Å²) in [6.07, 6.45) is 0.122. The Labute approximate surface area is 195 Å². The van der Waals surface area contributed by atoms with E-state index in [1.54, 1.807) is 0 Å². The van der Waals surface area contributed by atoms with E-state index in [1.165, 1.54) is 23.8 Å². The van der Waals surface area contributed by atoms with E-state index in [2.05, 4.69) is 30.8 Å². The maximum atomic E-state index is 13.1. The van der Waals surface area contributed by atoms with E-state index in [9.17, 15) is 14.4 Å². The molecule has 2 atom stereocenters. The molecule has 2 aliphatic rings. The van der Waals surface area contributed by atoms with Crippen molar-refractivity contribution in [3.05, 3.63) is 72.5 Å². The number of benzene rings is 2. The average molecular weight is 451 g/mol. The molecule has 0 unspecified atom stereocenters. The highest BCUT2D eigenvalue weighted by atomic mass is 16.6. The Hall–Kier alpha value is -3.61. The van der Waals surface area contributed by atoms with Gasteiger partial charge in [-0.2, -0.15) is 0 Å². The van der Waals surface area contributed by atoms with Gasteiger partial charge in [0.2, 0.25) is 5.91 Å². The zero-order valence-corrected chi connectivity index (χ0v) is 18.8. The molecule has 4 rings (SSSR count). The van der Waals surface area contributed by atoms with Gasteiger partial charge in [-0.25, -0.2) is 9.59 Å². The first-order chi connectivity index (χ1) is 16.3. The lowest BCUT2D eigenvalue weighted by molar-refractivity contribution is -0.150. The van der Waals surface area contributed by atoms with E-state index in [0.717, 1.165) is 22.3 Å². The number of likely N-dealkylation sites (N-methyl/N-ethyl adjacent to an activating group) is 1. The van der Waals surface area contributed by atoms with Crippen LogP contribution in [0.5, 0.6) is 0 Å². The number of ether oxygens (including phenoxy) is 2. The van der Waals surface area contributed by atoms with Gasteiger partial charge in [0.1, 0.15) is 20.1 Å². The molecule has 7 heteroatoms. The second-order valence-electron chi connectivity index (χ2n) is 8.35. The molecular formula is C26H28N2O5. The molecular weight excluding hydrogens is 420 g/mol. The lowest BCUT2D eigenvalue weighted by atomic mass is 9.98. The molecule has 2 amide bonds. The topological polar surface area (TPSA) is 76.2 Å². The van der Waals surface area contributed by atoms with Gasteiger partial charge >= 0.3 is 12.1 Å². The average Bonchev–Trinajstić information content (AvgIpc) is 3.44. The number of carbonyl (C=O) groups excluding carboxylic acids is 3. The maximum Gasteiger partial charge on any atom is 0.410 e. The predicted octanol–water partition coefficient (Wildman–Crippen LogP) is 3.93. The molecule has 2 aromatic carbocycles. The molecule has 0 aromatic heterocycles. The first-order valence-corrected chi connectivity index (χ1v) is 11.0. The molecule has 1 aliphatic carbocycles. The van der Waals surface area contributed by atoms with E-state index >= 15 is 0 Å². The van der Waals surface area contributed by atoms with Gasteiger partial charge in [0.05, 0.1) is 6.24 Å². The SMILES string of the molecule is [3H]C(=C)OC(=O)[C@H](C)N(C)C(=O)[C@@H]1CCCN1C(=O)OCC1c2ccccc2-c2ccccc21. The fraction of sp³-hybridized carbons (Fsp3) is 0.346. The van der Waals surface area contributed by atoms with Crippen LogP contribution in [-0.4, -0.2) is 60.1 Å². The molecule has 0 radical (unpaired) electrons. The Bertz CT molecular complexity index is 1090. The van der Waals surface area contributed by atoms with Crippen molar-refractivity contribution in [2.24, 2.45) is 0 Å². The van der Waals surface area contributed by atoms with E-state index in [1.807, 2.05) is 24.3 Å². The third-order valence-corrected chi connectivity index (χ3v) is 6.55. The number of carbonyl (C=O) groups is 3. The van der Waals surface area contributed by atoms with E-state index in [-0.39, 0.29) is 18.4 Å². The predicted molar refractivity (Wildman–Crippen MR) is 123 cm³/mol. The molecule has 1 fully saturated rings. The summed E-state index contributed by atoms with van der Waals surface area (Å²) in [5.74, 6) is -1.18. The Morgan fingerprint density at radius 3 is 2.39 bits per heavy atom. The summed E-state index contributed by atoms with van der Waals surface area (Å²) in [5.41, 5.74) is 4.53. The van der Waals surface area contributed by atoms with Crippen molar-refractivity contribution in [2.75, 3.05) is 20.2 Å². The monoisotopic (exact) mass is 450 g/mol. The standard InChI is InChI=1S/C26H28N2O5/c1-4-32-25(30)17(2)27(3)24(29)23-14-9-15-28(23)26(31)33-16-22-20-12-7-5-10-18(20)19-11-6-8-13-21(19)22/h4-8,10-13,17,22-23H,1,9,14-16H2,2-3H3/t17-,23-/m0/s1/i4T. The molecule has 33 heavy (non-hydrogen) atoms. The molecule has 0 saturated carbocycles. The van der Waals surface area contributed by atoms with Crippen LogP contribution in [0.3, 0.4) is 0 Å². The van der Waals surface area contributed by atoms with Crippen LogP contribution < -0.4 is 0 Å². The van der Waals surface area contributed by atoms with Crippen LogP contribution in [0, 0.1) is 0 Å². The van der Waals surface area contributed by atoms with Crippen molar-refractivity contribution in [1.29, 1.82) is 0 Å². The molecule has 1 saturated heterocycles. The highest BCUT2D eigenvalue weighted by molar-refractivity contribution is 5.90. The van der Waals surface area contributed by atoms with Crippen LogP contribution in [0.15, 0.2) is 61.3 Å². The normalized spacial score (nSPS) is 18.1. The molecule has 7 nitrogen and oxygen atoms in total. The third kappa shape index (κ3) is 4.23. The van der Waals surface area contributed by atoms with Gasteiger partial charge in [0, 0.05) is 19.5 Å². The first-order valence-electron chi connectivity index (χ1n) is 11.5. The Balaban J connectivity index is 1.43. The maximum absolute atomic E-state index is 13.1. The van der Waals surface area contributed by atoms with Crippen molar-refractivity contribution >= 4 is 18.0 Å². The molecule has 2 aromatic rings. The molecule has 172 valence electrons. The largest absolute Gasteiger partial charge is 0.448 e. The third-order valence-electron chi connectivity index (χ3n) is 6.55. The van der Waals surface area contributed by atoms with E-state index in [0.29, 0.717) is 19.4 Å². The number of amides is 2. The summed E-state index contributed by atoms with van der Waals surface area (Å²) in [4.78, 5) is 40.9. The summed E-state index contributed by atoms with van der Waals surface area (Å²) in [6.45, 7) is 5.32. The molecule has 1 heterocycles. The zero-order valence-electron chi connectivity index (χ0n) is 19.8. The summed E-state index contributed by atoms with van der Waals surface area (Å²) in [5, 5.41) is 0. The van der Waals surface area contributed by atoms with Gasteiger partial charge in [-0.05, 0) is 42.0 Å². The van der Waals surface area contributed by atoms with E-state index in [4.69, 9.17) is 10.8 Å². The molecule has 0 spiro atoms. The first kappa shape index (κ1) is 21.2. The Morgan fingerprint density at radius 1 is 1.18 bits per heavy atom. The number of hydrogen-bond donors (Lipinski definition) is 0. The highest BCUT2D eigenvalue weighted by Gasteiger charge is 2.39. The van der Waals surface area contributed by atoms with Gasteiger partial charge in [-0.3, -0.25) is 9.69 Å². The summed E-state index contributed by atoms with van der Waals surface area (Å²) < 4.78 is 17.6. The van der Waals surface area contributed by atoms with Crippen molar-refractivity contribution in [2.45, 2.75) is 37.8 Å². The number of rotatable bonds is 6. The van der Waals surface area contributed by atoms with Crippen molar-refractivity contribution in [3.63, 3.8) is 0 Å². The van der Waals surface area contributed by atoms with Crippen molar-refractivity contribution in [1.82, 2.24) is 9.80 Å². The van der Waals surface area contributed by atoms with Crippen molar-refractivity contribution in [3.8, 4) is 11.1 Å². The minimum atomic E-state index is -0.917. The van der Waals surface area contributed by atoms with Gasteiger partial charge in [0.15, 0.2) is 0 Å². The zero-order chi connectivity index (χ0) is 24.4. The summed E-state index contributed by atoms with van der Waals surface area (Å²) >= 11 is 0. The Morgan fingerprint density at radius 2 is 1.79 bits per heavy atom. The van der Waals surface area contributed by atoms with Gasteiger partial charge in [0.25, 0.3) is 0 Å². The number of hydrogen-bond acceptors (Lipinski definition) is 5. The second kappa shape index (κ2) is 9.48.